The van der Waals surface area contributed by atoms with Crippen molar-refractivity contribution in [2.75, 3.05) is 6.54 Å². The van der Waals surface area contributed by atoms with Crippen molar-refractivity contribution in [3.05, 3.63) is 35.4 Å². The fourth-order valence-corrected chi connectivity index (χ4v) is 3.38. The van der Waals surface area contributed by atoms with Gasteiger partial charge in [0.15, 0.2) is 0 Å². The number of nitrogens with two attached hydrogens (primary N) is 1. The molecule has 0 aliphatic rings. The SMILES string of the molecule is CC(C)NS(=O)(=O)Cc1ccccc1CNC(=O)CCN. The van der Waals surface area contributed by atoms with Gasteiger partial charge in [-0.05, 0) is 25.0 Å². The van der Waals surface area contributed by atoms with Gasteiger partial charge in [0.1, 0.15) is 0 Å². The first-order valence-corrected chi connectivity index (χ1v) is 8.53. The highest BCUT2D eigenvalue weighted by Crippen LogP contribution is 2.12. The summed E-state index contributed by atoms with van der Waals surface area (Å²) in [5.41, 5.74) is 6.78. The van der Waals surface area contributed by atoms with Crippen molar-refractivity contribution in [3.63, 3.8) is 0 Å². The molecule has 0 radical (unpaired) electrons. The molecule has 7 heteroatoms. The second-order valence-electron chi connectivity index (χ2n) is 5.12. The number of carbonyl (C=O) groups is 1. The van der Waals surface area contributed by atoms with E-state index in [1.165, 1.54) is 0 Å². The molecule has 118 valence electrons. The summed E-state index contributed by atoms with van der Waals surface area (Å²) in [6, 6.07) is 7.01. The Morgan fingerprint density at radius 3 is 2.43 bits per heavy atom. The number of carbonyl (C=O) groups excluding carboxylic acids is 1. The first-order chi connectivity index (χ1) is 9.84. The Kier molecular flexibility index (Phi) is 6.80. The largest absolute Gasteiger partial charge is 0.352 e. The summed E-state index contributed by atoms with van der Waals surface area (Å²) < 4.78 is 26.5. The van der Waals surface area contributed by atoms with Crippen LogP contribution in [-0.2, 0) is 27.1 Å². The maximum atomic E-state index is 12.0. The molecule has 1 aromatic rings. The van der Waals surface area contributed by atoms with Crippen LogP contribution in [0.1, 0.15) is 31.4 Å². The highest BCUT2D eigenvalue weighted by molar-refractivity contribution is 7.88. The van der Waals surface area contributed by atoms with Crippen LogP contribution in [0.4, 0.5) is 0 Å². The molecule has 0 atom stereocenters. The fraction of sp³-hybridized carbons (Fsp3) is 0.500. The smallest absolute Gasteiger partial charge is 0.221 e. The third-order valence-corrected chi connectivity index (χ3v) is 4.25. The predicted octanol–water partition coefficient (Wildman–Crippen LogP) is 0.479. The lowest BCUT2D eigenvalue weighted by atomic mass is 10.1. The van der Waals surface area contributed by atoms with Gasteiger partial charge in [-0.2, -0.15) is 0 Å². The van der Waals surface area contributed by atoms with Crippen LogP contribution in [0, 0.1) is 0 Å². The van der Waals surface area contributed by atoms with Gasteiger partial charge in [0.2, 0.25) is 15.9 Å². The normalized spacial score (nSPS) is 11.6. The second-order valence-corrected chi connectivity index (χ2v) is 6.87. The van der Waals surface area contributed by atoms with E-state index in [-0.39, 0.29) is 24.1 Å². The molecule has 1 rings (SSSR count). The molecule has 21 heavy (non-hydrogen) atoms. The summed E-state index contributed by atoms with van der Waals surface area (Å²) in [6.07, 6.45) is 0.259. The Balaban J connectivity index is 2.78. The molecule has 1 amide bonds. The lowest BCUT2D eigenvalue weighted by molar-refractivity contribution is -0.121. The van der Waals surface area contributed by atoms with E-state index in [9.17, 15) is 13.2 Å². The molecule has 0 aromatic heterocycles. The van der Waals surface area contributed by atoms with E-state index in [0.717, 1.165) is 5.56 Å². The fourth-order valence-electron chi connectivity index (χ4n) is 1.89. The van der Waals surface area contributed by atoms with E-state index in [2.05, 4.69) is 10.0 Å². The van der Waals surface area contributed by atoms with Crippen molar-refractivity contribution in [1.29, 1.82) is 0 Å². The molecule has 0 heterocycles. The van der Waals surface area contributed by atoms with Crippen molar-refractivity contribution in [3.8, 4) is 0 Å². The Hall–Kier alpha value is -1.44. The predicted molar refractivity (Wildman–Crippen MR) is 82.9 cm³/mol. The Morgan fingerprint density at radius 1 is 1.24 bits per heavy atom. The van der Waals surface area contributed by atoms with E-state index in [1.807, 2.05) is 12.1 Å². The molecule has 0 saturated heterocycles. The summed E-state index contributed by atoms with van der Waals surface area (Å²) in [5.74, 6) is -0.246. The van der Waals surface area contributed by atoms with Crippen molar-refractivity contribution >= 4 is 15.9 Å². The standard InChI is InChI=1S/C14H23N3O3S/c1-11(2)17-21(19,20)10-13-6-4-3-5-12(13)9-16-14(18)7-8-15/h3-6,11,17H,7-10,15H2,1-2H3,(H,16,18). The number of benzene rings is 1. The molecule has 0 aliphatic carbocycles. The van der Waals surface area contributed by atoms with Gasteiger partial charge >= 0.3 is 0 Å². The third kappa shape index (κ3) is 6.70. The highest BCUT2D eigenvalue weighted by Gasteiger charge is 2.15. The third-order valence-electron chi connectivity index (χ3n) is 2.73. The topological polar surface area (TPSA) is 101 Å². The van der Waals surface area contributed by atoms with Crippen LogP contribution >= 0.6 is 0 Å². The molecule has 0 spiro atoms. The summed E-state index contributed by atoms with van der Waals surface area (Å²) in [4.78, 5) is 11.4. The molecular formula is C14H23N3O3S. The van der Waals surface area contributed by atoms with Crippen LogP contribution in [-0.4, -0.2) is 26.9 Å². The summed E-state index contributed by atoms with van der Waals surface area (Å²) in [7, 11) is -3.39. The quantitative estimate of drug-likeness (QED) is 0.649. The lowest BCUT2D eigenvalue weighted by Gasteiger charge is -2.13. The van der Waals surface area contributed by atoms with Gasteiger partial charge in [-0.3, -0.25) is 4.79 Å². The van der Waals surface area contributed by atoms with E-state index in [4.69, 9.17) is 5.73 Å². The minimum Gasteiger partial charge on any atom is -0.352 e. The van der Waals surface area contributed by atoms with Gasteiger partial charge in [0.05, 0.1) is 5.75 Å². The molecular weight excluding hydrogens is 290 g/mol. The average molecular weight is 313 g/mol. The zero-order chi connectivity index (χ0) is 15.9. The number of hydrogen-bond acceptors (Lipinski definition) is 4. The van der Waals surface area contributed by atoms with Gasteiger partial charge in [0.25, 0.3) is 0 Å². The Labute approximate surface area is 126 Å². The van der Waals surface area contributed by atoms with Crippen LogP contribution in [0.2, 0.25) is 0 Å². The van der Waals surface area contributed by atoms with Crippen LogP contribution in [0.25, 0.3) is 0 Å². The number of sulfonamides is 1. The average Bonchev–Trinajstić information content (AvgIpc) is 2.36. The molecule has 0 unspecified atom stereocenters. The number of hydrogen-bond donors (Lipinski definition) is 3. The van der Waals surface area contributed by atoms with Crippen molar-refractivity contribution in [1.82, 2.24) is 10.0 Å². The molecule has 4 N–H and O–H groups in total. The van der Waals surface area contributed by atoms with Gasteiger partial charge in [-0.1, -0.05) is 24.3 Å². The zero-order valence-corrected chi connectivity index (χ0v) is 13.2. The number of nitrogens with one attached hydrogen (secondary N) is 2. The molecule has 0 saturated carbocycles. The van der Waals surface area contributed by atoms with Crippen molar-refractivity contribution in [2.45, 2.75) is 38.6 Å². The van der Waals surface area contributed by atoms with E-state index in [1.54, 1.807) is 26.0 Å². The monoisotopic (exact) mass is 313 g/mol. The second kappa shape index (κ2) is 8.11. The molecule has 6 nitrogen and oxygen atoms in total. The van der Waals surface area contributed by atoms with Gasteiger partial charge < -0.3 is 11.1 Å². The van der Waals surface area contributed by atoms with E-state index >= 15 is 0 Å². The first-order valence-electron chi connectivity index (χ1n) is 6.87. The lowest BCUT2D eigenvalue weighted by Crippen LogP contribution is -2.32. The molecule has 0 fully saturated rings. The number of rotatable bonds is 8. The highest BCUT2D eigenvalue weighted by atomic mass is 32.2. The van der Waals surface area contributed by atoms with Crippen LogP contribution < -0.4 is 15.8 Å². The number of amides is 1. The summed E-state index contributed by atoms with van der Waals surface area (Å²) in [5, 5.41) is 2.73. The van der Waals surface area contributed by atoms with Gasteiger partial charge in [-0.15, -0.1) is 0 Å². The molecule has 0 bridgehead atoms. The van der Waals surface area contributed by atoms with E-state index < -0.39 is 10.0 Å². The minimum absolute atomic E-state index is 0.103. The molecule has 1 aromatic carbocycles. The van der Waals surface area contributed by atoms with Crippen LogP contribution in [0.15, 0.2) is 24.3 Å². The molecule has 0 aliphatic heterocycles. The van der Waals surface area contributed by atoms with Crippen molar-refractivity contribution in [2.24, 2.45) is 5.73 Å². The Morgan fingerprint density at radius 2 is 1.86 bits per heavy atom. The van der Waals surface area contributed by atoms with Gasteiger partial charge in [0, 0.05) is 25.6 Å². The maximum Gasteiger partial charge on any atom is 0.221 e. The van der Waals surface area contributed by atoms with Gasteiger partial charge in [-0.25, -0.2) is 13.1 Å². The maximum absolute atomic E-state index is 12.0. The first kappa shape index (κ1) is 17.6. The van der Waals surface area contributed by atoms with Crippen LogP contribution in [0.5, 0.6) is 0 Å². The minimum atomic E-state index is -3.39. The van der Waals surface area contributed by atoms with Crippen molar-refractivity contribution < 1.29 is 13.2 Å². The van der Waals surface area contributed by atoms with E-state index in [0.29, 0.717) is 18.7 Å². The summed E-state index contributed by atoms with van der Waals surface area (Å²) >= 11 is 0. The Bertz CT molecular complexity index is 571. The summed E-state index contributed by atoms with van der Waals surface area (Å²) in [6.45, 7) is 4.14. The van der Waals surface area contributed by atoms with Crippen LogP contribution in [0.3, 0.4) is 0 Å². The zero-order valence-electron chi connectivity index (χ0n) is 12.4.